The summed E-state index contributed by atoms with van der Waals surface area (Å²) in [4.78, 5) is 11.2. The third-order valence-electron chi connectivity index (χ3n) is 2.75. The van der Waals surface area contributed by atoms with Gasteiger partial charge in [-0.15, -0.1) is 0 Å². The molecule has 0 spiro atoms. The first kappa shape index (κ1) is 14.3. The summed E-state index contributed by atoms with van der Waals surface area (Å²) in [5.41, 5.74) is 5.01. The molecule has 0 amide bonds. The van der Waals surface area contributed by atoms with Gasteiger partial charge < -0.3 is 16.2 Å². The van der Waals surface area contributed by atoms with Crippen LogP contribution < -0.4 is 11.1 Å². The van der Waals surface area contributed by atoms with Gasteiger partial charge in [0, 0.05) is 5.54 Å². The van der Waals surface area contributed by atoms with Crippen molar-refractivity contribution in [2.75, 3.05) is 11.1 Å². The average Bonchev–Trinajstić information content (AvgIpc) is 2.22. The summed E-state index contributed by atoms with van der Waals surface area (Å²) in [5, 5.41) is 12.2. The summed E-state index contributed by atoms with van der Waals surface area (Å²) in [6.45, 7) is 5.96. The highest BCUT2D eigenvalue weighted by Crippen LogP contribution is 2.28. The van der Waals surface area contributed by atoms with E-state index in [1.165, 1.54) is 12.1 Å². The first-order valence-electron chi connectivity index (χ1n) is 5.88. The Bertz CT molecular complexity index is 459. The van der Waals surface area contributed by atoms with E-state index < -0.39 is 11.8 Å². The summed E-state index contributed by atoms with van der Waals surface area (Å²) in [6.07, 6.45) is 1.82. The number of anilines is 2. The molecule has 1 aromatic rings. The summed E-state index contributed by atoms with van der Waals surface area (Å²) in [7, 11) is 0. The molecule has 4 nitrogen and oxygen atoms in total. The lowest BCUT2D eigenvalue weighted by Gasteiger charge is -2.28. The van der Waals surface area contributed by atoms with Gasteiger partial charge in [0.05, 0.1) is 11.4 Å². The van der Waals surface area contributed by atoms with Gasteiger partial charge in [-0.25, -0.2) is 9.18 Å². The molecule has 0 unspecified atom stereocenters. The zero-order valence-corrected chi connectivity index (χ0v) is 10.9. The maximum absolute atomic E-state index is 13.3. The minimum atomic E-state index is -1.23. The van der Waals surface area contributed by atoms with Crippen LogP contribution in [0.1, 0.15) is 44.0 Å². The highest BCUT2D eigenvalue weighted by Gasteiger charge is 2.22. The predicted octanol–water partition coefficient (Wildman–Crippen LogP) is 3.10. The number of nitrogen functional groups attached to an aromatic ring is 1. The van der Waals surface area contributed by atoms with E-state index in [1.807, 2.05) is 20.8 Å². The molecule has 100 valence electrons. The molecule has 0 radical (unpaired) electrons. The lowest BCUT2D eigenvalue weighted by atomic mass is 9.97. The highest BCUT2D eigenvalue weighted by atomic mass is 19.1. The van der Waals surface area contributed by atoms with Crippen molar-refractivity contribution < 1.29 is 14.3 Å². The lowest BCUT2D eigenvalue weighted by molar-refractivity contribution is 0.0698. The number of halogens is 1. The van der Waals surface area contributed by atoms with Crippen LogP contribution in [0, 0.1) is 5.82 Å². The Balaban J connectivity index is 3.17. The summed E-state index contributed by atoms with van der Waals surface area (Å²) < 4.78 is 13.3. The fraction of sp³-hybridized carbons (Fsp3) is 0.462. The van der Waals surface area contributed by atoms with Crippen LogP contribution >= 0.6 is 0 Å². The number of carbonyl (C=O) groups is 1. The molecule has 4 N–H and O–H groups in total. The van der Waals surface area contributed by atoms with Crippen molar-refractivity contribution in [2.45, 2.75) is 39.2 Å². The van der Waals surface area contributed by atoms with Gasteiger partial charge >= 0.3 is 5.97 Å². The van der Waals surface area contributed by atoms with Crippen molar-refractivity contribution in [3.63, 3.8) is 0 Å². The van der Waals surface area contributed by atoms with E-state index in [2.05, 4.69) is 5.32 Å². The number of carboxylic acid groups (broad SMARTS) is 1. The fourth-order valence-electron chi connectivity index (χ4n) is 1.98. The van der Waals surface area contributed by atoms with Gasteiger partial charge in [-0.2, -0.15) is 0 Å². The first-order valence-corrected chi connectivity index (χ1v) is 5.88. The van der Waals surface area contributed by atoms with E-state index in [9.17, 15) is 9.18 Å². The van der Waals surface area contributed by atoms with Crippen molar-refractivity contribution in [2.24, 2.45) is 0 Å². The highest BCUT2D eigenvalue weighted by molar-refractivity contribution is 6.00. The van der Waals surface area contributed by atoms with E-state index in [-0.39, 0.29) is 16.8 Å². The number of hydrogen-bond acceptors (Lipinski definition) is 3. The maximum Gasteiger partial charge on any atom is 0.340 e. The number of hydrogen-bond donors (Lipinski definition) is 3. The lowest BCUT2D eigenvalue weighted by Crippen LogP contribution is -2.31. The minimum absolute atomic E-state index is 0.209. The number of nitrogens with two attached hydrogens (primary N) is 1. The molecule has 1 rings (SSSR count). The van der Waals surface area contributed by atoms with Crippen molar-refractivity contribution >= 4 is 17.3 Å². The summed E-state index contributed by atoms with van der Waals surface area (Å²) >= 11 is 0. The van der Waals surface area contributed by atoms with Gasteiger partial charge in [0.2, 0.25) is 0 Å². The van der Waals surface area contributed by atoms with Gasteiger partial charge in [-0.3, -0.25) is 0 Å². The number of carboxylic acids is 1. The standard InChI is InChI=1S/C13H19FN2O2/c1-4-7-13(2,3)16-9-6-5-8(14)11(15)10(9)12(17)18/h5-6,16H,4,7,15H2,1-3H3,(H,17,18). The zero-order valence-electron chi connectivity index (χ0n) is 10.9. The zero-order chi connectivity index (χ0) is 13.9. The molecule has 0 aliphatic heterocycles. The number of aromatic carboxylic acids is 1. The molecule has 0 bridgehead atoms. The molecule has 0 aliphatic carbocycles. The third kappa shape index (κ3) is 3.12. The van der Waals surface area contributed by atoms with Crippen molar-refractivity contribution in [1.82, 2.24) is 0 Å². The topological polar surface area (TPSA) is 75.3 Å². The normalized spacial score (nSPS) is 11.3. The van der Waals surface area contributed by atoms with Gasteiger partial charge in [-0.05, 0) is 32.4 Å². The van der Waals surface area contributed by atoms with Crippen molar-refractivity contribution in [1.29, 1.82) is 0 Å². The van der Waals surface area contributed by atoms with Crippen LogP contribution in [-0.4, -0.2) is 16.6 Å². The Morgan fingerprint density at radius 3 is 2.61 bits per heavy atom. The molecule has 0 saturated carbocycles. The van der Waals surface area contributed by atoms with E-state index >= 15 is 0 Å². The Morgan fingerprint density at radius 1 is 1.50 bits per heavy atom. The van der Waals surface area contributed by atoms with Crippen LogP contribution in [0.3, 0.4) is 0 Å². The fourth-order valence-corrected chi connectivity index (χ4v) is 1.98. The van der Waals surface area contributed by atoms with Crippen LogP contribution in [0.5, 0.6) is 0 Å². The van der Waals surface area contributed by atoms with Gasteiger partial charge in [-0.1, -0.05) is 13.3 Å². The van der Waals surface area contributed by atoms with Gasteiger partial charge in [0.25, 0.3) is 0 Å². The molecule has 0 saturated heterocycles. The SMILES string of the molecule is CCCC(C)(C)Nc1ccc(F)c(N)c1C(=O)O. The number of rotatable bonds is 5. The first-order chi connectivity index (χ1) is 8.28. The Hall–Kier alpha value is -1.78. The summed E-state index contributed by atoms with van der Waals surface area (Å²) in [6, 6.07) is 2.58. The largest absolute Gasteiger partial charge is 0.478 e. The molecule has 0 aliphatic rings. The van der Waals surface area contributed by atoms with Crippen molar-refractivity contribution in [3.05, 3.63) is 23.5 Å². The van der Waals surface area contributed by atoms with Gasteiger partial charge in [0.15, 0.2) is 0 Å². The second-order valence-electron chi connectivity index (χ2n) is 4.95. The van der Waals surface area contributed by atoms with Crippen LogP contribution in [-0.2, 0) is 0 Å². The molecule has 5 heteroatoms. The second kappa shape index (κ2) is 5.25. The van der Waals surface area contributed by atoms with E-state index in [1.54, 1.807) is 0 Å². The monoisotopic (exact) mass is 254 g/mol. The van der Waals surface area contributed by atoms with Gasteiger partial charge in [0.1, 0.15) is 11.4 Å². The van der Waals surface area contributed by atoms with E-state index in [4.69, 9.17) is 10.8 Å². The second-order valence-corrected chi connectivity index (χ2v) is 4.95. The smallest absolute Gasteiger partial charge is 0.340 e. The van der Waals surface area contributed by atoms with Crippen LogP contribution in [0.15, 0.2) is 12.1 Å². The van der Waals surface area contributed by atoms with Crippen LogP contribution in [0.2, 0.25) is 0 Å². The Morgan fingerprint density at radius 2 is 2.11 bits per heavy atom. The van der Waals surface area contributed by atoms with E-state index in [0.717, 1.165) is 12.8 Å². The summed E-state index contributed by atoms with van der Waals surface area (Å²) in [5.74, 6) is -1.95. The predicted molar refractivity (Wildman–Crippen MR) is 70.4 cm³/mol. The maximum atomic E-state index is 13.3. The molecular formula is C13H19FN2O2. The minimum Gasteiger partial charge on any atom is -0.478 e. The Kier molecular flexibility index (Phi) is 4.16. The molecule has 0 fully saturated rings. The molecule has 0 aromatic heterocycles. The average molecular weight is 254 g/mol. The van der Waals surface area contributed by atoms with E-state index in [0.29, 0.717) is 5.69 Å². The Labute approximate surface area is 106 Å². The molecule has 0 atom stereocenters. The third-order valence-corrected chi connectivity index (χ3v) is 2.75. The van der Waals surface area contributed by atoms with Crippen LogP contribution in [0.4, 0.5) is 15.8 Å². The number of nitrogens with one attached hydrogen (secondary N) is 1. The van der Waals surface area contributed by atoms with Crippen molar-refractivity contribution in [3.8, 4) is 0 Å². The number of benzene rings is 1. The molecule has 1 aromatic carbocycles. The molecule has 0 heterocycles. The quantitative estimate of drug-likeness (QED) is 0.706. The molecular weight excluding hydrogens is 235 g/mol. The molecule has 18 heavy (non-hydrogen) atoms. The van der Waals surface area contributed by atoms with Crippen LogP contribution in [0.25, 0.3) is 0 Å².